The standard InChI is InChI=1S/C18H21NO2/c1-12-6-7-13(2)15(10-12)17(20)11-19-16-5-3-4-14(16)8-9-18(19)21/h6-10,17,20H,3-5,11H2,1-2H3. The van der Waals surface area contributed by atoms with Crippen LogP contribution in [0.1, 0.15) is 40.5 Å². The highest BCUT2D eigenvalue weighted by Crippen LogP contribution is 2.24. The van der Waals surface area contributed by atoms with Crippen molar-refractivity contribution in [1.29, 1.82) is 0 Å². The summed E-state index contributed by atoms with van der Waals surface area (Å²) in [5.74, 6) is 0. The highest BCUT2D eigenvalue weighted by molar-refractivity contribution is 5.32. The van der Waals surface area contributed by atoms with Crippen molar-refractivity contribution >= 4 is 0 Å². The van der Waals surface area contributed by atoms with Crippen LogP contribution in [0, 0.1) is 13.8 Å². The van der Waals surface area contributed by atoms with Crippen molar-refractivity contribution in [1.82, 2.24) is 4.57 Å². The van der Waals surface area contributed by atoms with Gasteiger partial charge in [0.05, 0.1) is 12.6 Å². The summed E-state index contributed by atoms with van der Waals surface area (Å²) in [6.07, 6.45) is 2.42. The minimum absolute atomic E-state index is 0.0139. The first-order valence-corrected chi connectivity index (χ1v) is 7.53. The first-order chi connectivity index (χ1) is 10.1. The Morgan fingerprint density at radius 3 is 2.81 bits per heavy atom. The van der Waals surface area contributed by atoms with Crippen LogP contribution >= 0.6 is 0 Å². The van der Waals surface area contributed by atoms with Crippen LogP contribution in [0.15, 0.2) is 35.1 Å². The van der Waals surface area contributed by atoms with E-state index in [-0.39, 0.29) is 5.56 Å². The summed E-state index contributed by atoms with van der Waals surface area (Å²) in [5.41, 5.74) is 5.45. The van der Waals surface area contributed by atoms with Crippen LogP contribution in [-0.2, 0) is 19.4 Å². The van der Waals surface area contributed by atoms with E-state index in [4.69, 9.17) is 0 Å². The molecule has 1 heterocycles. The Bertz CT molecular complexity index is 730. The molecule has 0 saturated carbocycles. The van der Waals surface area contributed by atoms with Crippen LogP contribution in [0.2, 0.25) is 0 Å². The summed E-state index contributed by atoms with van der Waals surface area (Å²) < 4.78 is 1.76. The fourth-order valence-electron chi connectivity index (χ4n) is 3.22. The molecule has 3 rings (SSSR count). The Labute approximate surface area is 124 Å². The quantitative estimate of drug-likeness (QED) is 0.941. The van der Waals surface area contributed by atoms with E-state index in [1.165, 1.54) is 5.56 Å². The molecule has 1 aliphatic carbocycles. The van der Waals surface area contributed by atoms with Gasteiger partial charge < -0.3 is 9.67 Å². The lowest BCUT2D eigenvalue weighted by atomic mass is 10.0. The van der Waals surface area contributed by atoms with Crippen molar-refractivity contribution in [3.8, 4) is 0 Å². The molecule has 1 aromatic heterocycles. The summed E-state index contributed by atoms with van der Waals surface area (Å²) in [6.45, 7) is 4.35. The molecule has 0 radical (unpaired) electrons. The molecule has 3 nitrogen and oxygen atoms in total. The van der Waals surface area contributed by atoms with Gasteiger partial charge in [-0.1, -0.05) is 29.8 Å². The summed E-state index contributed by atoms with van der Waals surface area (Å²) in [5, 5.41) is 10.6. The Morgan fingerprint density at radius 2 is 2.00 bits per heavy atom. The zero-order valence-corrected chi connectivity index (χ0v) is 12.6. The SMILES string of the molecule is Cc1ccc(C)c(C(O)Cn2c3c(ccc2=O)CCC3)c1. The van der Waals surface area contributed by atoms with Crippen molar-refractivity contribution in [2.75, 3.05) is 0 Å². The second-order valence-corrected chi connectivity index (χ2v) is 5.98. The van der Waals surface area contributed by atoms with Crippen LogP contribution in [-0.4, -0.2) is 9.67 Å². The Balaban J connectivity index is 1.96. The predicted octanol–water partition coefficient (Wildman–Crippen LogP) is 2.69. The number of pyridine rings is 1. The van der Waals surface area contributed by atoms with Gasteiger partial charge in [-0.3, -0.25) is 4.79 Å². The van der Waals surface area contributed by atoms with Gasteiger partial charge in [0.25, 0.3) is 5.56 Å². The topological polar surface area (TPSA) is 42.2 Å². The molecule has 0 spiro atoms. The molecular formula is C18H21NO2. The van der Waals surface area contributed by atoms with Crippen LogP contribution in [0.25, 0.3) is 0 Å². The summed E-state index contributed by atoms with van der Waals surface area (Å²) in [7, 11) is 0. The Hall–Kier alpha value is -1.87. The van der Waals surface area contributed by atoms with Gasteiger partial charge in [0.2, 0.25) is 0 Å². The van der Waals surface area contributed by atoms with Gasteiger partial charge >= 0.3 is 0 Å². The summed E-state index contributed by atoms with van der Waals surface area (Å²) >= 11 is 0. The molecule has 1 aliphatic rings. The largest absolute Gasteiger partial charge is 0.387 e. The van der Waals surface area contributed by atoms with Gasteiger partial charge in [0.15, 0.2) is 0 Å². The van der Waals surface area contributed by atoms with E-state index in [0.717, 1.165) is 41.6 Å². The van der Waals surface area contributed by atoms with Crippen molar-refractivity contribution in [3.63, 3.8) is 0 Å². The van der Waals surface area contributed by atoms with Crippen molar-refractivity contribution < 1.29 is 5.11 Å². The monoisotopic (exact) mass is 283 g/mol. The van der Waals surface area contributed by atoms with Crippen molar-refractivity contribution in [3.05, 3.63) is 68.6 Å². The predicted molar refractivity (Wildman–Crippen MR) is 83.6 cm³/mol. The number of aromatic nitrogens is 1. The van der Waals surface area contributed by atoms with Gasteiger partial charge in [-0.15, -0.1) is 0 Å². The third-order valence-corrected chi connectivity index (χ3v) is 4.40. The molecule has 110 valence electrons. The molecule has 21 heavy (non-hydrogen) atoms. The normalized spacial score (nSPS) is 15.0. The van der Waals surface area contributed by atoms with Crippen molar-refractivity contribution in [2.24, 2.45) is 0 Å². The third kappa shape index (κ3) is 2.66. The first kappa shape index (κ1) is 14.1. The molecule has 0 fully saturated rings. The van der Waals surface area contributed by atoms with E-state index < -0.39 is 6.10 Å². The molecular weight excluding hydrogens is 262 g/mol. The van der Waals surface area contributed by atoms with Gasteiger partial charge in [-0.05, 0) is 49.8 Å². The van der Waals surface area contributed by atoms with Gasteiger partial charge in [-0.25, -0.2) is 0 Å². The maximum atomic E-state index is 12.1. The zero-order chi connectivity index (χ0) is 15.0. The minimum atomic E-state index is -0.644. The lowest BCUT2D eigenvalue weighted by Crippen LogP contribution is -2.26. The highest BCUT2D eigenvalue weighted by atomic mass is 16.3. The van der Waals surface area contributed by atoms with Gasteiger partial charge in [0.1, 0.15) is 0 Å². The number of aliphatic hydroxyl groups is 1. The average Bonchev–Trinajstić information content (AvgIpc) is 2.93. The van der Waals surface area contributed by atoms with E-state index in [2.05, 4.69) is 0 Å². The van der Waals surface area contributed by atoms with Gasteiger partial charge in [-0.2, -0.15) is 0 Å². The maximum absolute atomic E-state index is 12.1. The minimum Gasteiger partial charge on any atom is -0.387 e. The fourth-order valence-corrected chi connectivity index (χ4v) is 3.22. The Morgan fingerprint density at radius 1 is 1.19 bits per heavy atom. The van der Waals surface area contributed by atoms with Crippen LogP contribution in [0.3, 0.4) is 0 Å². The lowest BCUT2D eigenvalue weighted by molar-refractivity contribution is 0.153. The number of hydrogen-bond donors (Lipinski definition) is 1. The second kappa shape index (κ2) is 5.49. The molecule has 1 aromatic carbocycles. The summed E-state index contributed by atoms with van der Waals surface area (Å²) in [6, 6.07) is 9.63. The van der Waals surface area contributed by atoms with Crippen molar-refractivity contribution in [2.45, 2.75) is 45.8 Å². The van der Waals surface area contributed by atoms with E-state index in [9.17, 15) is 9.90 Å². The number of rotatable bonds is 3. The van der Waals surface area contributed by atoms with Crippen LogP contribution in [0.5, 0.6) is 0 Å². The molecule has 0 saturated heterocycles. The molecule has 1 N–H and O–H groups in total. The second-order valence-electron chi connectivity index (χ2n) is 5.98. The van der Waals surface area contributed by atoms with E-state index in [1.807, 2.05) is 38.1 Å². The first-order valence-electron chi connectivity index (χ1n) is 7.53. The number of hydrogen-bond acceptors (Lipinski definition) is 2. The number of aliphatic hydroxyl groups excluding tert-OH is 1. The molecule has 0 aliphatic heterocycles. The van der Waals surface area contributed by atoms with E-state index in [1.54, 1.807) is 10.6 Å². The molecule has 0 bridgehead atoms. The number of fused-ring (bicyclic) bond motifs is 1. The van der Waals surface area contributed by atoms with Crippen LogP contribution < -0.4 is 5.56 Å². The number of benzene rings is 1. The number of nitrogens with zero attached hydrogens (tertiary/aromatic N) is 1. The molecule has 1 unspecified atom stereocenters. The highest BCUT2D eigenvalue weighted by Gasteiger charge is 2.19. The molecule has 3 heteroatoms. The van der Waals surface area contributed by atoms with Crippen LogP contribution in [0.4, 0.5) is 0 Å². The van der Waals surface area contributed by atoms with E-state index in [0.29, 0.717) is 6.54 Å². The Kier molecular flexibility index (Phi) is 3.68. The molecule has 1 atom stereocenters. The summed E-state index contributed by atoms with van der Waals surface area (Å²) in [4.78, 5) is 12.1. The molecule has 0 amide bonds. The smallest absolute Gasteiger partial charge is 0.250 e. The van der Waals surface area contributed by atoms with E-state index >= 15 is 0 Å². The third-order valence-electron chi connectivity index (χ3n) is 4.40. The average molecular weight is 283 g/mol. The zero-order valence-electron chi connectivity index (χ0n) is 12.6. The van der Waals surface area contributed by atoms with Gasteiger partial charge in [0, 0.05) is 11.8 Å². The number of aryl methyl sites for hydroxylation is 3. The maximum Gasteiger partial charge on any atom is 0.250 e. The fraction of sp³-hybridized carbons (Fsp3) is 0.389. The molecule has 2 aromatic rings. The lowest BCUT2D eigenvalue weighted by Gasteiger charge is -2.18.